The third kappa shape index (κ3) is 5.25. The first kappa shape index (κ1) is 19.7. The van der Waals surface area contributed by atoms with E-state index in [1.807, 2.05) is 50.2 Å². The lowest BCUT2D eigenvalue weighted by Gasteiger charge is -2.19. The first-order valence-corrected chi connectivity index (χ1v) is 9.61. The average molecular weight is 381 g/mol. The zero-order chi connectivity index (χ0) is 20.1. The van der Waals surface area contributed by atoms with Gasteiger partial charge in [0.05, 0.1) is 6.61 Å². The summed E-state index contributed by atoms with van der Waals surface area (Å²) in [6.07, 6.45) is 1.91. The highest BCUT2D eigenvalue weighted by atomic mass is 16.5. The van der Waals surface area contributed by atoms with Crippen LogP contribution in [0.5, 0.6) is 5.75 Å². The zero-order valence-electron chi connectivity index (χ0n) is 16.6. The number of carbonyl (C=O) groups is 2. The minimum atomic E-state index is -0.206. The molecule has 0 unspecified atom stereocenters. The van der Waals surface area contributed by atoms with E-state index in [9.17, 15) is 9.59 Å². The number of benzene rings is 2. The summed E-state index contributed by atoms with van der Waals surface area (Å²) in [5.74, 6) is 1.01. The summed E-state index contributed by atoms with van der Waals surface area (Å²) >= 11 is 0. The van der Waals surface area contributed by atoms with Crippen LogP contribution in [0.3, 0.4) is 0 Å². The third-order valence-corrected chi connectivity index (χ3v) is 4.70. The Labute approximate surface area is 165 Å². The lowest BCUT2D eigenvalue weighted by atomic mass is 10.1. The molecule has 0 aliphatic heterocycles. The van der Waals surface area contributed by atoms with E-state index in [-0.39, 0.29) is 17.9 Å². The topological polar surface area (TPSA) is 70.7 Å². The average Bonchev–Trinajstić information content (AvgIpc) is 3.51. The molecule has 0 bridgehead atoms. The third-order valence-electron chi connectivity index (χ3n) is 4.70. The smallest absolute Gasteiger partial charge is 0.321 e. The van der Waals surface area contributed by atoms with Gasteiger partial charge in [0.15, 0.2) is 0 Å². The lowest BCUT2D eigenvalue weighted by molar-refractivity contribution is -0.117. The maximum Gasteiger partial charge on any atom is 0.321 e. The summed E-state index contributed by atoms with van der Waals surface area (Å²) < 4.78 is 5.44. The number of anilines is 2. The second-order valence-electron chi connectivity index (χ2n) is 7.16. The molecule has 1 fully saturated rings. The van der Waals surface area contributed by atoms with Crippen LogP contribution in [0.1, 0.15) is 30.9 Å². The van der Waals surface area contributed by atoms with Crippen molar-refractivity contribution in [3.05, 3.63) is 53.6 Å². The molecule has 3 amide bonds. The number of ether oxygens (including phenoxy) is 1. The number of hydrogen-bond acceptors (Lipinski definition) is 3. The van der Waals surface area contributed by atoms with Gasteiger partial charge >= 0.3 is 6.03 Å². The van der Waals surface area contributed by atoms with E-state index in [1.54, 1.807) is 18.0 Å². The summed E-state index contributed by atoms with van der Waals surface area (Å²) in [6, 6.07) is 13.1. The first-order chi connectivity index (χ1) is 13.5. The standard InChI is InChI=1S/C22H27N3O3/c1-4-28-19-11-6-16(7-12-19)14-25(3)22(27)24-20-13-18(10-5-15(20)2)23-21(26)17-8-9-17/h5-7,10-13,17H,4,8-9,14H2,1-3H3,(H,23,26)(H,24,27). The van der Waals surface area contributed by atoms with Crippen molar-refractivity contribution in [3.63, 3.8) is 0 Å². The number of urea groups is 1. The summed E-state index contributed by atoms with van der Waals surface area (Å²) in [7, 11) is 1.75. The number of nitrogens with one attached hydrogen (secondary N) is 2. The number of hydrogen-bond donors (Lipinski definition) is 2. The van der Waals surface area contributed by atoms with Gasteiger partial charge in [-0.1, -0.05) is 18.2 Å². The van der Waals surface area contributed by atoms with Crippen molar-refractivity contribution in [2.75, 3.05) is 24.3 Å². The molecule has 1 saturated carbocycles. The Kier molecular flexibility index (Phi) is 6.19. The van der Waals surface area contributed by atoms with Crippen molar-refractivity contribution >= 4 is 23.3 Å². The normalized spacial score (nSPS) is 13.0. The number of aryl methyl sites for hydroxylation is 1. The molecule has 2 aromatic carbocycles. The van der Waals surface area contributed by atoms with Crippen LogP contribution in [0, 0.1) is 12.8 Å². The predicted octanol–water partition coefficient (Wildman–Crippen LogP) is 4.41. The fourth-order valence-electron chi connectivity index (χ4n) is 2.84. The highest BCUT2D eigenvalue weighted by Crippen LogP contribution is 2.31. The highest BCUT2D eigenvalue weighted by molar-refractivity contribution is 5.96. The van der Waals surface area contributed by atoms with E-state index in [2.05, 4.69) is 10.6 Å². The zero-order valence-corrected chi connectivity index (χ0v) is 16.6. The Balaban J connectivity index is 1.60. The van der Waals surface area contributed by atoms with E-state index < -0.39 is 0 Å². The summed E-state index contributed by atoms with van der Waals surface area (Å²) in [5.41, 5.74) is 3.35. The van der Waals surface area contributed by atoms with Crippen LogP contribution in [0.4, 0.5) is 16.2 Å². The minimum Gasteiger partial charge on any atom is -0.494 e. The van der Waals surface area contributed by atoms with Crippen molar-refractivity contribution in [2.45, 2.75) is 33.2 Å². The molecule has 2 aromatic rings. The summed E-state index contributed by atoms with van der Waals surface area (Å²) in [4.78, 5) is 26.2. The van der Waals surface area contributed by atoms with Gasteiger partial charge in [0, 0.05) is 30.9 Å². The number of carbonyl (C=O) groups excluding carboxylic acids is 2. The van der Waals surface area contributed by atoms with E-state index >= 15 is 0 Å². The second-order valence-corrected chi connectivity index (χ2v) is 7.16. The molecule has 6 heteroatoms. The second kappa shape index (κ2) is 8.78. The molecule has 0 saturated heterocycles. The molecule has 0 spiro atoms. The van der Waals surface area contributed by atoms with E-state index in [4.69, 9.17) is 4.74 Å². The largest absolute Gasteiger partial charge is 0.494 e. The molecular weight excluding hydrogens is 354 g/mol. The molecule has 28 heavy (non-hydrogen) atoms. The van der Waals surface area contributed by atoms with Crippen molar-refractivity contribution in [1.82, 2.24) is 4.90 Å². The van der Waals surface area contributed by atoms with Crippen LogP contribution in [0.2, 0.25) is 0 Å². The van der Waals surface area contributed by atoms with Gasteiger partial charge in [0.25, 0.3) is 0 Å². The van der Waals surface area contributed by atoms with Gasteiger partial charge in [-0.2, -0.15) is 0 Å². The minimum absolute atomic E-state index is 0.0498. The van der Waals surface area contributed by atoms with Crippen LogP contribution in [-0.2, 0) is 11.3 Å². The summed E-state index contributed by atoms with van der Waals surface area (Å²) in [6.45, 7) is 4.98. The van der Waals surface area contributed by atoms with Gasteiger partial charge in [-0.05, 0) is 62.1 Å². The van der Waals surface area contributed by atoms with Crippen LogP contribution in [-0.4, -0.2) is 30.5 Å². The Morgan fingerprint density at radius 2 is 1.82 bits per heavy atom. The van der Waals surface area contributed by atoms with Crippen LogP contribution in [0.25, 0.3) is 0 Å². The molecule has 3 rings (SSSR count). The van der Waals surface area contributed by atoms with Crippen LogP contribution >= 0.6 is 0 Å². The fraction of sp³-hybridized carbons (Fsp3) is 0.364. The van der Waals surface area contributed by atoms with Gasteiger partial charge in [-0.15, -0.1) is 0 Å². The van der Waals surface area contributed by atoms with Gasteiger partial charge in [0.1, 0.15) is 5.75 Å². The monoisotopic (exact) mass is 381 g/mol. The van der Waals surface area contributed by atoms with Gasteiger partial charge in [-0.3, -0.25) is 4.79 Å². The van der Waals surface area contributed by atoms with Crippen molar-refractivity contribution in [3.8, 4) is 5.75 Å². The van der Waals surface area contributed by atoms with Crippen LogP contribution < -0.4 is 15.4 Å². The van der Waals surface area contributed by atoms with Crippen molar-refractivity contribution < 1.29 is 14.3 Å². The van der Waals surface area contributed by atoms with Crippen LogP contribution in [0.15, 0.2) is 42.5 Å². The molecular formula is C22H27N3O3. The van der Waals surface area contributed by atoms with Gasteiger partial charge in [0.2, 0.25) is 5.91 Å². The SMILES string of the molecule is CCOc1ccc(CN(C)C(=O)Nc2cc(NC(=O)C3CC3)ccc2C)cc1. The van der Waals surface area contributed by atoms with Gasteiger partial charge < -0.3 is 20.3 Å². The van der Waals surface area contributed by atoms with Gasteiger partial charge in [-0.25, -0.2) is 4.79 Å². The molecule has 6 nitrogen and oxygen atoms in total. The quantitative estimate of drug-likeness (QED) is 0.746. The summed E-state index contributed by atoms with van der Waals surface area (Å²) in [5, 5.41) is 5.85. The first-order valence-electron chi connectivity index (χ1n) is 9.61. The Morgan fingerprint density at radius 1 is 1.11 bits per heavy atom. The van der Waals surface area contributed by atoms with E-state index in [0.29, 0.717) is 24.5 Å². The lowest BCUT2D eigenvalue weighted by Crippen LogP contribution is -2.31. The molecule has 0 aromatic heterocycles. The van der Waals surface area contributed by atoms with E-state index in [0.717, 1.165) is 29.7 Å². The molecule has 0 radical (unpaired) electrons. The maximum atomic E-state index is 12.6. The van der Waals surface area contributed by atoms with E-state index in [1.165, 1.54) is 0 Å². The fourth-order valence-corrected chi connectivity index (χ4v) is 2.84. The molecule has 0 atom stereocenters. The van der Waals surface area contributed by atoms with Crippen molar-refractivity contribution in [1.29, 1.82) is 0 Å². The Morgan fingerprint density at radius 3 is 2.46 bits per heavy atom. The predicted molar refractivity (Wildman–Crippen MR) is 111 cm³/mol. The number of nitrogens with zero attached hydrogens (tertiary/aromatic N) is 1. The molecule has 2 N–H and O–H groups in total. The molecule has 148 valence electrons. The highest BCUT2D eigenvalue weighted by Gasteiger charge is 2.29. The Hall–Kier alpha value is -3.02. The molecule has 1 aliphatic carbocycles. The van der Waals surface area contributed by atoms with Crippen molar-refractivity contribution in [2.24, 2.45) is 5.92 Å². The molecule has 1 aliphatic rings. The number of rotatable bonds is 7. The molecule has 0 heterocycles. The number of amides is 3. The maximum absolute atomic E-state index is 12.6. The Bertz CT molecular complexity index is 845.